The number of benzene rings is 2. The van der Waals surface area contributed by atoms with Gasteiger partial charge in [0.1, 0.15) is 0 Å². The number of fused-ring (bicyclic) bond motifs is 1. The van der Waals surface area contributed by atoms with E-state index in [1.54, 1.807) is 0 Å². The van der Waals surface area contributed by atoms with Gasteiger partial charge in [0.15, 0.2) is 0 Å². The van der Waals surface area contributed by atoms with Gasteiger partial charge in [-0.3, -0.25) is 0 Å². The number of nitrogens with one attached hydrogen (secondary N) is 1. The lowest BCUT2D eigenvalue weighted by Crippen LogP contribution is -2.22. The molecule has 0 saturated carbocycles. The molecule has 2 aromatic rings. The summed E-state index contributed by atoms with van der Waals surface area (Å²) in [6.07, 6.45) is 11.9. The van der Waals surface area contributed by atoms with Crippen molar-refractivity contribution in [2.75, 3.05) is 24.3 Å². The van der Waals surface area contributed by atoms with E-state index >= 15 is 0 Å². The van der Waals surface area contributed by atoms with Gasteiger partial charge in [0, 0.05) is 47.0 Å². The van der Waals surface area contributed by atoms with Gasteiger partial charge in [0.2, 0.25) is 0 Å². The van der Waals surface area contributed by atoms with Crippen LogP contribution in [0.3, 0.4) is 0 Å². The van der Waals surface area contributed by atoms with Crippen molar-refractivity contribution in [2.24, 2.45) is 0 Å². The molecule has 2 aliphatic rings. The summed E-state index contributed by atoms with van der Waals surface area (Å²) < 4.78 is 0. The Hall–Kier alpha value is -2.97. The summed E-state index contributed by atoms with van der Waals surface area (Å²) in [4.78, 5) is 2.31. The third-order valence-electron chi connectivity index (χ3n) is 8.00. The minimum atomic E-state index is -0.200. The number of likely N-dealkylation sites (N-methyl/N-ethyl adjacent to an activating group) is 1. The molecule has 0 saturated heterocycles. The van der Waals surface area contributed by atoms with E-state index in [1.807, 2.05) is 7.05 Å². The molecule has 0 radical (unpaired) electrons. The Kier molecular flexibility index (Phi) is 7.38. The molecule has 2 nitrogen and oxygen atoms in total. The summed E-state index contributed by atoms with van der Waals surface area (Å²) in [5.41, 5.74) is 9.53. The first-order valence-electron chi connectivity index (χ1n) is 12.9. The van der Waals surface area contributed by atoms with Crippen molar-refractivity contribution in [1.82, 2.24) is 0 Å². The van der Waals surface area contributed by atoms with Crippen molar-refractivity contribution in [1.29, 1.82) is 0 Å². The summed E-state index contributed by atoms with van der Waals surface area (Å²) in [6.45, 7) is 13.5. The Labute approximate surface area is 222 Å². The third kappa shape index (κ3) is 4.72. The highest BCUT2D eigenvalue weighted by Gasteiger charge is 2.37. The smallest absolute Gasteiger partial charge is 0.0469 e. The van der Waals surface area contributed by atoms with E-state index in [1.165, 1.54) is 33.7 Å². The Balaban J connectivity index is 1.59. The highest BCUT2D eigenvalue weighted by atomic mass is 35.5. The summed E-state index contributed by atoms with van der Waals surface area (Å²) in [5.74, 6) is 0. The van der Waals surface area contributed by atoms with E-state index in [9.17, 15) is 0 Å². The van der Waals surface area contributed by atoms with Crippen molar-refractivity contribution in [3.8, 4) is 0 Å². The third-order valence-corrected chi connectivity index (χ3v) is 8.48. The second-order valence-corrected chi connectivity index (χ2v) is 11.3. The van der Waals surface area contributed by atoms with Crippen LogP contribution in [-0.2, 0) is 10.8 Å². The van der Waals surface area contributed by atoms with Gasteiger partial charge in [-0.1, -0.05) is 101 Å². The first-order valence-corrected chi connectivity index (χ1v) is 13.2. The topological polar surface area (TPSA) is 15.3 Å². The number of nitrogens with zero attached hydrogens (tertiary/aromatic N) is 1. The van der Waals surface area contributed by atoms with Gasteiger partial charge in [-0.25, -0.2) is 0 Å². The monoisotopic (exact) mass is 498 g/mol. The number of hydrogen-bond acceptors (Lipinski definition) is 2. The van der Waals surface area contributed by atoms with E-state index in [0.717, 1.165) is 35.6 Å². The zero-order valence-electron chi connectivity index (χ0n) is 22.6. The first-order chi connectivity index (χ1) is 17.1. The average Bonchev–Trinajstić information content (AvgIpc) is 3.07. The van der Waals surface area contributed by atoms with Crippen LogP contribution in [-0.4, -0.2) is 14.1 Å². The number of para-hydroxylation sites is 2. The van der Waals surface area contributed by atoms with Gasteiger partial charge < -0.3 is 10.2 Å². The number of halogens is 1. The zero-order chi connectivity index (χ0) is 26.1. The minimum absolute atomic E-state index is 0.0387. The van der Waals surface area contributed by atoms with Gasteiger partial charge >= 0.3 is 0 Å². The van der Waals surface area contributed by atoms with Gasteiger partial charge in [0.25, 0.3) is 0 Å². The van der Waals surface area contributed by atoms with Crippen LogP contribution in [0.2, 0.25) is 0 Å². The molecular weight excluding hydrogens is 460 g/mol. The molecule has 0 amide bonds. The molecule has 1 heterocycles. The molecule has 1 N–H and O–H groups in total. The summed E-state index contributed by atoms with van der Waals surface area (Å²) in [6, 6.07) is 17.1. The molecule has 0 unspecified atom stereocenters. The molecule has 0 aromatic heterocycles. The number of rotatable bonds is 6. The van der Waals surface area contributed by atoms with Crippen LogP contribution in [0.15, 0.2) is 107 Å². The molecule has 0 spiro atoms. The van der Waals surface area contributed by atoms with E-state index < -0.39 is 0 Å². The zero-order valence-corrected chi connectivity index (χ0v) is 23.3. The van der Waals surface area contributed by atoms with Crippen LogP contribution >= 0.6 is 11.6 Å². The SMILES string of the molecule is C=C(C=CC1=C(Cl)C(=CC=C2N(C)c3ccccc3C2(C)C)CCC1)C(C)(C)c1ccccc1NC. The molecule has 3 heteroatoms. The molecule has 1 aliphatic carbocycles. The van der Waals surface area contributed by atoms with Crippen molar-refractivity contribution in [3.63, 3.8) is 0 Å². The molecule has 0 fully saturated rings. The molecule has 0 bridgehead atoms. The maximum atomic E-state index is 6.97. The molecule has 0 atom stereocenters. The van der Waals surface area contributed by atoms with Gasteiger partial charge in [0.05, 0.1) is 0 Å². The lowest BCUT2D eigenvalue weighted by Gasteiger charge is -2.29. The fourth-order valence-corrected chi connectivity index (χ4v) is 5.83. The number of anilines is 2. The Bertz CT molecular complexity index is 1290. The summed E-state index contributed by atoms with van der Waals surface area (Å²) in [7, 11) is 4.12. The van der Waals surface area contributed by atoms with Crippen LogP contribution in [0, 0.1) is 0 Å². The fourth-order valence-electron chi connectivity index (χ4n) is 5.52. The molecule has 2 aromatic carbocycles. The number of allylic oxidation sites excluding steroid dienone is 9. The molecular formula is C33H39ClN2. The van der Waals surface area contributed by atoms with Crippen LogP contribution in [0.25, 0.3) is 0 Å². The maximum Gasteiger partial charge on any atom is 0.0469 e. The van der Waals surface area contributed by atoms with Crippen LogP contribution in [0.1, 0.15) is 58.1 Å². The Morgan fingerprint density at radius 1 is 1.06 bits per heavy atom. The van der Waals surface area contributed by atoms with E-state index in [2.05, 4.69) is 124 Å². The van der Waals surface area contributed by atoms with Crippen LogP contribution in [0.5, 0.6) is 0 Å². The van der Waals surface area contributed by atoms with Crippen molar-refractivity contribution >= 4 is 23.0 Å². The van der Waals surface area contributed by atoms with Crippen molar-refractivity contribution < 1.29 is 0 Å². The number of hydrogen-bond donors (Lipinski definition) is 1. The highest BCUT2D eigenvalue weighted by Crippen LogP contribution is 2.47. The van der Waals surface area contributed by atoms with Crippen molar-refractivity contribution in [2.45, 2.75) is 57.8 Å². The predicted molar refractivity (Wildman–Crippen MR) is 158 cm³/mol. The standard InChI is InChI=1S/C33H39ClN2/c1-23(32(2,3)26-15-8-10-17-28(26)35-6)19-20-24-13-12-14-25(31(24)34)21-22-30-33(4,5)27-16-9-11-18-29(27)36(30)7/h8-11,15-22,35H,1,12-14H2,2-7H3. The molecule has 36 heavy (non-hydrogen) atoms. The summed E-state index contributed by atoms with van der Waals surface area (Å²) >= 11 is 6.97. The Morgan fingerprint density at radius 2 is 1.75 bits per heavy atom. The van der Waals surface area contributed by atoms with E-state index in [4.69, 9.17) is 11.6 Å². The van der Waals surface area contributed by atoms with Crippen LogP contribution < -0.4 is 10.2 Å². The minimum Gasteiger partial charge on any atom is -0.388 e. The van der Waals surface area contributed by atoms with Crippen molar-refractivity contribution in [3.05, 3.63) is 118 Å². The van der Waals surface area contributed by atoms with Gasteiger partial charge in [-0.05, 0) is 65.3 Å². The lowest BCUT2D eigenvalue weighted by molar-refractivity contribution is 0.640. The van der Waals surface area contributed by atoms with Gasteiger partial charge in [-0.2, -0.15) is 0 Å². The second kappa shape index (κ2) is 10.2. The quantitative estimate of drug-likeness (QED) is 0.399. The average molecular weight is 499 g/mol. The lowest BCUT2D eigenvalue weighted by atomic mass is 9.77. The maximum absolute atomic E-state index is 6.97. The predicted octanol–water partition coefficient (Wildman–Crippen LogP) is 9.03. The largest absolute Gasteiger partial charge is 0.388 e. The van der Waals surface area contributed by atoms with Crippen LogP contribution in [0.4, 0.5) is 11.4 Å². The molecule has 188 valence electrons. The summed E-state index contributed by atoms with van der Waals surface area (Å²) in [5, 5.41) is 4.20. The molecule has 4 rings (SSSR count). The Morgan fingerprint density at radius 3 is 2.47 bits per heavy atom. The second-order valence-electron chi connectivity index (χ2n) is 10.9. The van der Waals surface area contributed by atoms with E-state index in [0.29, 0.717) is 0 Å². The van der Waals surface area contributed by atoms with E-state index in [-0.39, 0.29) is 10.8 Å². The van der Waals surface area contributed by atoms with Gasteiger partial charge in [-0.15, -0.1) is 0 Å². The highest BCUT2D eigenvalue weighted by molar-refractivity contribution is 6.32. The molecule has 1 aliphatic heterocycles. The fraction of sp³-hybridized carbons (Fsp3) is 0.333. The first kappa shape index (κ1) is 26.1. The normalized spacial score (nSPS) is 19.9.